The summed E-state index contributed by atoms with van der Waals surface area (Å²) in [7, 11) is 1.56. The quantitative estimate of drug-likeness (QED) is 0.799. The topological polar surface area (TPSA) is 77.7 Å². The lowest BCUT2D eigenvalue weighted by Gasteiger charge is -2.46. The number of carbonyl (C=O) groups excluding carboxylic acids is 1. The average Bonchev–Trinajstić information content (AvgIpc) is 3.02. The fraction of sp³-hybridized carbons (Fsp3) is 0.842. The molecular formula is C19H29N3O4. The van der Waals surface area contributed by atoms with Crippen molar-refractivity contribution in [2.45, 2.75) is 62.9 Å². The second-order valence-corrected chi connectivity index (χ2v) is 8.08. The van der Waals surface area contributed by atoms with Crippen molar-refractivity contribution in [3.63, 3.8) is 0 Å². The van der Waals surface area contributed by atoms with Gasteiger partial charge in [-0.15, -0.1) is 0 Å². The van der Waals surface area contributed by atoms with Crippen molar-refractivity contribution in [3.8, 4) is 0 Å². The van der Waals surface area contributed by atoms with E-state index in [4.69, 9.17) is 14.0 Å². The number of carbonyl (C=O) groups is 1. The molecule has 2 aliphatic heterocycles. The third kappa shape index (κ3) is 3.78. The Hall–Kier alpha value is -1.47. The number of aromatic nitrogens is 2. The first kappa shape index (κ1) is 17.9. The summed E-state index contributed by atoms with van der Waals surface area (Å²) in [6.45, 7) is 2.45. The molecule has 0 aromatic carbocycles. The van der Waals surface area contributed by atoms with Gasteiger partial charge in [0.25, 0.3) is 0 Å². The number of rotatable bonds is 5. The van der Waals surface area contributed by atoms with E-state index in [1.54, 1.807) is 7.11 Å². The Bertz CT molecular complexity index is 620. The lowest BCUT2D eigenvalue weighted by Crippen LogP contribution is -2.51. The van der Waals surface area contributed by atoms with Crippen LogP contribution in [-0.4, -0.2) is 60.0 Å². The van der Waals surface area contributed by atoms with Crippen molar-refractivity contribution in [1.82, 2.24) is 15.0 Å². The van der Waals surface area contributed by atoms with Crippen molar-refractivity contribution < 1.29 is 18.8 Å². The molecule has 0 N–H and O–H groups in total. The molecule has 7 nitrogen and oxygen atoms in total. The molecule has 3 aliphatic rings. The summed E-state index contributed by atoms with van der Waals surface area (Å²) in [5, 5.41) is 4.21. The first-order valence-corrected chi connectivity index (χ1v) is 9.91. The van der Waals surface area contributed by atoms with Crippen molar-refractivity contribution in [2.24, 2.45) is 5.92 Å². The molecule has 2 saturated heterocycles. The zero-order valence-electron chi connectivity index (χ0n) is 15.6. The van der Waals surface area contributed by atoms with Crippen molar-refractivity contribution >= 4 is 5.91 Å². The van der Waals surface area contributed by atoms with Crippen LogP contribution < -0.4 is 0 Å². The molecule has 1 aliphatic carbocycles. The van der Waals surface area contributed by atoms with Gasteiger partial charge >= 0.3 is 0 Å². The van der Waals surface area contributed by atoms with Gasteiger partial charge in [-0.05, 0) is 44.4 Å². The van der Waals surface area contributed by atoms with Gasteiger partial charge in [-0.1, -0.05) is 11.6 Å². The molecule has 7 heteroatoms. The third-order valence-corrected chi connectivity index (χ3v) is 6.30. The number of likely N-dealkylation sites (tertiary alicyclic amines) is 1. The van der Waals surface area contributed by atoms with E-state index in [2.05, 4.69) is 10.1 Å². The van der Waals surface area contributed by atoms with Gasteiger partial charge in [0.05, 0.1) is 5.60 Å². The van der Waals surface area contributed by atoms with E-state index in [1.165, 1.54) is 19.3 Å². The van der Waals surface area contributed by atoms with Crippen LogP contribution in [0.3, 0.4) is 0 Å². The molecule has 3 fully saturated rings. The van der Waals surface area contributed by atoms with Crippen molar-refractivity contribution in [3.05, 3.63) is 11.7 Å². The predicted molar refractivity (Wildman–Crippen MR) is 93.7 cm³/mol. The number of hydrogen-bond acceptors (Lipinski definition) is 6. The Labute approximate surface area is 154 Å². The minimum Gasteiger partial charge on any atom is -0.375 e. The highest BCUT2D eigenvalue weighted by molar-refractivity contribution is 5.77. The predicted octanol–water partition coefficient (Wildman–Crippen LogP) is 2.31. The van der Waals surface area contributed by atoms with Gasteiger partial charge in [0.15, 0.2) is 5.82 Å². The van der Waals surface area contributed by atoms with E-state index in [1.807, 2.05) is 4.90 Å². The number of ether oxygens (including phenoxy) is 2. The summed E-state index contributed by atoms with van der Waals surface area (Å²) in [5.74, 6) is 2.77. The van der Waals surface area contributed by atoms with Crippen molar-refractivity contribution in [1.29, 1.82) is 0 Å². The molecule has 1 atom stereocenters. The molecule has 144 valence electrons. The zero-order valence-corrected chi connectivity index (χ0v) is 15.6. The first-order chi connectivity index (χ1) is 12.7. The van der Waals surface area contributed by atoms with E-state index < -0.39 is 0 Å². The Morgan fingerprint density at radius 3 is 2.81 bits per heavy atom. The van der Waals surface area contributed by atoms with Crippen LogP contribution in [0.5, 0.6) is 0 Å². The number of methoxy groups -OCH3 is 1. The smallest absolute Gasteiger partial charge is 0.248 e. The van der Waals surface area contributed by atoms with Gasteiger partial charge in [-0.3, -0.25) is 4.79 Å². The van der Waals surface area contributed by atoms with Crippen LogP contribution in [0.1, 0.15) is 62.6 Å². The van der Waals surface area contributed by atoms with Gasteiger partial charge in [0.2, 0.25) is 11.8 Å². The molecule has 1 unspecified atom stereocenters. The maximum Gasteiger partial charge on any atom is 0.248 e. The molecule has 26 heavy (non-hydrogen) atoms. The molecule has 1 saturated carbocycles. The highest BCUT2D eigenvalue weighted by Crippen LogP contribution is 2.39. The molecule has 1 spiro atoms. The summed E-state index contributed by atoms with van der Waals surface area (Å²) in [4.78, 5) is 18.5. The number of amides is 1. The van der Waals surface area contributed by atoms with Gasteiger partial charge in [-0.2, -0.15) is 4.98 Å². The average molecular weight is 363 g/mol. The SMILES string of the molecule is COCC(=O)N1CCC2(CC1)CC(Cc1noc(C3CCC3)n1)CCO2. The summed E-state index contributed by atoms with van der Waals surface area (Å²) in [6, 6.07) is 0. The largest absolute Gasteiger partial charge is 0.375 e. The fourth-order valence-electron chi connectivity index (χ4n) is 4.46. The second-order valence-electron chi connectivity index (χ2n) is 8.08. The minimum absolute atomic E-state index is 0.0741. The van der Waals surface area contributed by atoms with Gasteiger partial charge in [-0.25, -0.2) is 0 Å². The van der Waals surface area contributed by atoms with E-state index in [-0.39, 0.29) is 18.1 Å². The van der Waals surface area contributed by atoms with Crippen LogP contribution in [0.4, 0.5) is 0 Å². The summed E-state index contributed by atoms with van der Waals surface area (Å²) in [5.41, 5.74) is -0.0900. The number of nitrogens with zero attached hydrogens (tertiary/aromatic N) is 3. The summed E-state index contributed by atoms with van der Waals surface area (Å²) >= 11 is 0. The molecule has 3 heterocycles. The number of piperidine rings is 1. The lowest BCUT2D eigenvalue weighted by atomic mass is 9.78. The summed E-state index contributed by atoms with van der Waals surface area (Å²) in [6.07, 6.45) is 8.37. The standard InChI is InChI=1S/C19H29N3O4/c1-24-13-17(23)22-8-6-19(7-9-22)12-14(5-10-25-19)11-16-20-18(26-21-16)15-3-2-4-15/h14-15H,2-13H2,1H3. The Kier molecular flexibility index (Phi) is 5.27. The molecule has 0 bridgehead atoms. The molecule has 1 aromatic heterocycles. The first-order valence-electron chi connectivity index (χ1n) is 9.91. The maximum absolute atomic E-state index is 12.0. The third-order valence-electron chi connectivity index (χ3n) is 6.30. The lowest BCUT2D eigenvalue weighted by molar-refractivity contribution is -0.150. The van der Waals surface area contributed by atoms with Crippen LogP contribution in [0, 0.1) is 5.92 Å². The summed E-state index contributed by atoms with van der Waals surface area (Å²) < 4.78 is 16.6. The molecule has 1 amide bonds. The molecular weight excluding hydrogens is 334 g/mol. The van der Waals surface area contributed by atoms with Gasteiger partial charge in [0.1, 0.15) is 6.61 Å². The maximum atomic E-state index is 12.0. The van der Waals surface area contributed by atoms with Gasteiger partial charge in [0, 0.05) is 39.1 Å². The minimum atomic E-state index is -0.0900. The molecule has 4 rings (SSSR count). The fourth-order valence-corrected chi connectivity index (χ4v) is 4.46. The Balaban J connectivity index is 1.31. The van der Waals surface area contributed by atoms with Crippen molar-refractivity contribution in [2.75, 3.05) is 33.4 Å². The van der Waals surface area contributed by atoms with Crippen LogP contribution in [0.15, 0.2) is 4.52 Å². The Morgan fingerprint density at radius 2 is 2.12 bits per heavy atom. The zero-order chi connectivity index (χ0) is 18.0. The van der Waals surface area contributed by atoms with E-state index in [0.29, 0.717) is 11.8 Å². The Morgan fingerprint density at radius 1 is 1.31 bits per heavy atom. The van der Waals surface area contributed by atoms with E-state index in [9.17, 15) is 4.79 Å². The van der Waals surface area contributed by atoms with Crippen LogP contribution >= 0.6 is 0 Å². The van der Waals surface area contributed by atoms with Crippen LogP contribution in [0.2, 0.25) is 0 Å². The van der Waals surface area contributed by atoms with E-state index >= 15 is 0 Å². The van der Waals surface area contributed by atoms with Crippen LogP contribution in [0.25, 0.3) is 0 Å². The van der Waals surface area contributed by atoms with E-state index in [0.717, 1.165) is 63.5 Å². The normalized spacial score (nSPS) is 26.0. The second kappa shape index (κ2) is 7.64. The molecule has 0 radical (unpaired) electrons. The highest BCUT2D eigenvalue weighted by Gasteiger charge is 2.41. The van der Waals surface area contributed by atoms with Gasteiger partial charge < -0.3 is 18.9 Å². The van der Waals surface area contributed by atoms with Crippen LogP contribution in [-0.2, 0) is 20.7 Å². The monoisotopic (exact) mass is 363 g/mol. The molecule has 1 aromatic rings. The highest BCUT2D eigenvalue weighted by atomic mass is 16.5. The number of hydrogen-bond donors (Lipinski definition) is 0.